The molecule has 0 N–H and O–H groups in total. The molecule has 0 amide bonds. The first-order valence-corrected chi connectivity index (χ1v) is 13.5. The largest absolute Gasteiger partial charge is 0.457 e. The van der Waals surface area contributed by atoms with Crippen molar-refractivity contribution in [3.63, 3.8) is 0 Å². The molecule has 0 radical (unpaired) electrons. The molecule has 0 atom stereocenters. The summed E-state index contributed by atoms with van der Waals surface area (Å²) in [5.41, 5.74) is 9.95. The SMILES string of the molecule is Cc1c(C2c3ccccc3Oc3ccccc32)n(C)c2ccc(C3c4ccccc4Oc4ccccc43)cc12. The van der Waals surface area contributed by atoms with Gasteiger partial charge in [-0.1, -0.05) is 78.9 Å². The summed E-state index contributed by atoms with van der Waals surface area (Å²) in [5.74, 6) is 3.94. The van der Waals surface area contributed by atoms with E-state index in [1.165, 1.54) is 50.0 Å². The third-order valence-corrected chi connectivity index (χ3v) is 8.50. The lowest BCUT2D eigenvalue weighted by Gasteiger charge is -2.29. The van der Waals surface area contributed by atoms with Crippen molar-refractivity contribution in [3.05, 3.63) is 154 Å². The van der Waals surface area contributed by atoms with Gasteiger partial charge in [0.25, 0.3) is 0 Å². The van der Waals surface area contributed by atoms with Gasteiger partial charge in [0.05, 0.1) is 5.92 Å². The molecule has 188 valence electrons. The normalized spacial score (nSPS) is 14.1. The maximum Gasteiger partial charge on any atom is 0.131 e. The summed E-state index contributed by atoms with van der Waals surface area (Å²) >= 11 is 0. The Morgan fingerprint density at radius 3 is 1.46 bits per heavy atom. The smallest absolute Gasteiger partial charge is 0.131 e. The van der Waals surface area contributed by atoms with Gasteiger partial charge in [-0.3, -0.25) is 0 Å². The quantitative estimate of drug-likeness (QED) is 0.234. The van der Waals surface area contributed by atoms with Crippen LogP contribution in [0.3, 0.4) is 0 Å². The van der Waals surface area contributed by atoms with Gasteiger partial charge in [0.15, 0.2) is 0 Å². The Balaban J connectivity index is 1.34. The molecule has 0 unspecified atom stereocenters. The monoisotopic (exact) mass is 505 g/mol. The molecular weight excluding hydrogens is 478 g/mol. The van der Waals surface area contributed by atoms with E-state index in [1.807, 2.05) is 24.3 Å². The highest BCUT2D eigenvalue weighted by molar-refractivity contribution is 5.87. The molecular formula is C36H27NO2. The van der Waals surface area contributed by atoms with Gasteiger partial charge in [0, 0.05) is 51.8 Å². The predicted octanol–water partition coefficient (Wildman–Crippen LogP) is 9.06. The van der Waals surface area contributed by atoms with Crippen LogP contribution >= 0.6 is 0 Å². The molecule has 8 rings (SSSR count). The standard InChI is InChI=1S/C36H27NO2/c1-22-28-21-23(34-24-11-3-7-15-30(24)38-31-16-8-4-12-25(31)34)19-20-29(28)37(2)36(22)35-26-13-5-9-17-32(26)39-33-18-10-6-14-27(33)35/h3-21,34-35H,1-2H3. The number of hydrogen-bond donors (Lipinski definition) is 0. The topological polar surface area (TPSA) is 23.4 Å². The summed E-state index contributed by atoms with van der Waals surface area (Å²) in [7, 11) is 2.20. The number of fused-ring (bicyclic) bond motifs is 5. The molecule has 2 aliphatic rings. The van der Waals surface area contributed by atoms with Gasteiger partial charge in [0.2, 0.25) is 0 Å². The number of aromatic nitrogens is 1. The maximum atomic E-state index is 6.33. The van der Waals surface area contributed by atoms with Gasteiger partial charge in [-0.25, -0.2) is 0 Å². The van der Waals surface area contributed by atoms with Crippen LogP contribution in [-0.2, 0) is 7.05 Å². The Morgan fingerprint density at radius 1 is 0.538 bits per heavy atom. The van der Waals surface area contributed by atoms with Crippen LogP contribution in [0.2, 0.25) is 0 Å². The summed E-state index contributed by atoms with van der Waals surface area (Å²) in [6, 6.07) is 40.7. The first-order valence-electron chi connectivity index (χ1n) is 13.5. The van der Waals surface area contributed by atoms with Crippen molar-refractivity contribution in [1.29, 1.82) is 0 Å². The average molecular weight is 506 g/mol. The number of nitrogens with zero attached hydrogens (tertiary/aromatic N) is 1. The number of ether oxygens (including phenoxy) is 2. The molecule has 1 aromatic heterocycles. The summed E-state index contributed by atoms with van der Waals surface area (Å²) < 4.78 is 15.0. The van der Waals surface area contributed by atoms with E-state index in [0.29, 0.717) is 0 Å². The zero-order valence-electron chi connectivity index (χ0n) is 21.9. The minimum atomic E-state index is 0.0940. The number of aryl methyl sites for hydroxylation is 2. The second kappa shape index (κ2) is 8.37. The van der Waals surface area contributed by atoms with Gasteiger partial charge >= 0.3 is 0 Å². The molecule has 0 saturated heterocycles. The highest BCUT2D eigenvalue weighted by Crippen LogP contribution is 2.50. The minimum absolute atomic E-state index is 0.0940. The molecule has 0 saturated carbocycles. The van der Waals surface area contributed by atoms with Crippen LogP contribution in [0.15, 0.2) is 115 Å². The van der Waals surface area contributed by atoms with Crippen molar-refractivity contribution in [2.45, 2.75) is 18.8 Å². The summed E-state index contributed by atoms with van der Waals surface area (Å²) in [6.07, 6.45) is 0. The number of rotatable bonds is 2. The highest BCUT2D eigenvalue weighted by Gasteiger charge is 2.33. The highest BCUT2D eigenvalue weighted by atomic mass is 16.5. The second-order valence-corrected chi connectivity index (χ2v) is 10.6. The summed E-state index contributed by atoms with van der Waals surface area (Å²) in [6.45, 7) is 2.27. The minimum Gasteiger partial charge on any atom is -0.457 e. The van der Waals surface area contributed by atoms with Crippen molar-refractivity contribution in [2.75, 3.05) is 0 Å². The fourth-order valence-corrected chi connectivity index (χ4v) is 6.73. The van der Waals surface area contributed by atoms with Crippen LogP contribution in [0.1, 0.15) is 50.9 Å². The lowest BCUT2D eigenvalue weighted by molar-refractivity contribution is 0.450. The van der Waals surface area contributed by atoms with Gasteiger partial charge in [-0.15, -0.1) is 0 Å². The van der Waals surface area contributed by atoms with E-state index in [-0.39, 0.29) is 11.8 Å². The first kappa shape index (κ1) is 22.2. The lowest BCUT2D eigenvalue weighted by atomic mass is 9.82. The summed E-state index contributed by atoms with van der Waals surface area (Å²) in [5, 5.41) is 1.29. The number of hydrogen-bond acceptors (Lipinski definition) is 2. The van der Waals surface area contributed by atoms with Gasteiger partial charge in [0.1, 0.15) is 23.0 Å². The number of benzene rings is 5. The molecule has 3 nitrogen and oxygen atoms in total. The average Bonchev–Trinajstić information content (AvgIpc) is 3.23. The van der Waals surface area contributed by atoms with Gasteiger partial charge in [-0.05, 0) is 54.4 Å². The van der Waals surface area contributed by atoms with Crippen molar-refractivity contribution in [2.24, 2.45) is 7.05 Å². The number of para-hydroxylation sites is 4. The Morgan fingerprint density at radius 2 is 0.974 bits per heavy atom. The van der Waals surface area contributed by atoms with E-state index >= 15 is 0 Å². The fourth-order valence-electron chi connectivity index (χ4n) is 6.73. The van der Waals surface area contributed by atoms with E-state index < -0.39 is 0 Å². The second-order valence-electron chi connectivity index (χ2n) is 10.6. The van der Waals surface area contributed by atoms with Crippen molar-refractivity contribution < 1.29 is 9.47 Å². The Bertz CT molecular complexity index is 1820. The van der Waals surface area contributed by atoms with Crippen molar-refractivity contribution >= 4 is 10.9 Å². The zero-order valence-corrected chi connectivity index (χ0v) is 21.9. The van der Waals surface area contributed by atoms with E-state index in [1.54, 1.807) is 0 Å². The van der Waals surface area contributed by atoms with E-state index in [4.69, 9.17) is 9.47 Å². The molecule has 39 heavy (non-hydrogen) atoms. The maximum absolute atomic E-state index is 6.33. The van der Waals surface area contributed by atoms with Crippen molar-refractivity contribution in [1.82, 2.24) is 4.57 Å². The molecule has 3 heteroatoms. The van der Waals surface area contributed by atoms with Crippen molar-refractivity contribution in [3.8, 4) is 23.0 Å². The van der Waals surface area contributed by atoms with E-state index in [0.717, 1.165) is 23.0 Å². The van der Waals surface area contributed by atoms with Crippen LogP contribution in [0.25, 0.3) is 10.9 Å². The van der Waals surface area contributed by atoms with E-state index in [9.17, 15) is 0 Å². The zero-order chi connectivity index (χ0) is 26.1. The molecule has 5 aromatic carbocycles. The Hall–Kier alpha value is -4.76. The van der Waals surface area contributed by atoms with Crippen LogP contribution in [0, 0.1) is 6.92 Å². The summed E-state index contributed by atoms with van der Waals surface area (Å²) in [4.78, 5) is 0. The molecule has 0 spiro atoms. The lowest BCUT2D eigenvalue weighted by Crippen LogP contribution is -2.15. The van der Waals surface area contributed by atoms with Crippen LogP contribution in [0.5, 0.6) is 23.0 Å². The Kier molecular flexibility index (Phi) is 4.78. The molecule has 0 bridgehead atoms. The molecule has 0 aliphatic carbocycles. The Labute approximate surface area is 227 Å². The first-order chi connectivity index (χ1) is 19.2. The van der Waals surface area contributed by atoms with Gasteiger partial charge < -0.3 is 14.0 Å². The molecule has 6 aromatic rings. The third kappa shape index (κ3) is 3.23. The molecule has 3 heterocycles. The van der Waals surface area contributed by atoms with Crippen LogP contribution < -0.4 is 9.47 Å². The van der Waals surface area contributed by atoms with Crippen LogP contribution in [-0.4, -0.2) is 4.57 Å². The van der Waals surface area contributed by atoms with E-state index in [2.05, 4.69) is 110 Å². The molecule has 2 aliphatic heterocycles. The van der Waals surface area contributed by atoms with Gasteiger partial charge in [-0.2, -0.15) is 0 Å². The molecule has 0 fully saturated rings. The fraction of sp³-hybridized carbons (Fsp3) is 0.111. The third-order valence-electron chi connectivity index (χ3n) is 8.50. The predicted molar refractivity (Wildman–Crippen MR) is 155 cm³/mol. The van der Waals surface area contributed by atoms with Crippen LogP contribution in [0.4, 0.5) is 0 Å².